The number of aliphatic hydroxyl groups excluding tert-OH is 1. The second-order valence-electron chi connectivity index (χ2n) is 4.32. The fraction of sp³-hybridized carbons (Fsp3) is 0.200. The minimum Gasteiger partial charge on any atom is -0.386 e. The molecule has 0 bridgehead atoms. The average molecular weight is 339 g/mol. The van der Waals surface area contributed by atoms with Gasteiger partial charge in [0.25, 0.3) is 0 Å². The molecule has 0 saturated heterocycles. The van der Waals surface area contributed by atoms with Gasteiger partial charge in [-0.05, 0) is 24.6 Å². The maximum absolute atomic E-state index is 12.4. The molecule has 0 saturated carbocycles. The van der Waals surface area contributed by atoms with Gasteiger partial charge in [0.15, 0.2) is 0 Å². The van der Waals surface area contributed by atoms with Crippen LogP contribution in [0.5, 0.6) is 0 Å². The van der Waals surface area contributed by atoms with Crippen LogP contribution < -0.4 is 0 Å². The smallest absolute Gasteiger partial charge is 0.124 e. The maximum Gasteiger partial charge on any atom is 0.124 e. The number of hydrogen-bond donors (Lipinski definition) is 1. The highest BCUT2D eigenvalue weighted by atomic mass is 79.9. The van der Waals surface area contributed by atoms with Crippen LogP contribution in [0.2, 0.25) is 0 Å². The standard InChI is InChI=1S/C15H15BrO2S/c1-11-7-9-13(10-8-11)19(18)15(16)14(17)12-5-3-2-4-6-12/h2-10,14-15,17H,1H3. The highest BCUT2D eigenvalue weighted by Gasteiger charge is 2.24. The molecule has 0 radical (unpaired) electrons. The number of alkyl halides is 1. The topological polar surface area (TPSA) is 37.3 Å². The zero-order chi connectivity index (χ0) is 13.8. The highest BCUT2D eigenvalue weighted by Crippen LogP contribution is 2.28. The summed E-state index contributed by atoms with van der Waals surface area (Å²) in [6, 6.07) is 16.7. The predicted molar refractivity (Wildman–Crippen MR) is 81.7 cm³/mol. The van der Waals surface area contributed by atoms with Crippen molar-refractivity contribution in [2.45, 2.75) is 22.1 Å². The molecule has 4 heteroatoms. The van der Waals surface area contributed by atoms with Gasteiger partial charge in [-0.15, -0.1) is 0 Å². The molecule has 100 valence electrons. The molecular weight excluding hydrogens is 324 g/mol. The van der Waals surface area contributed by atoms with Gasteiger partial charge in [-0.25, -0.2) is 0 Å². The molecule has 2 aromatic carbocycles. The SMILES string of the molecule is Cc1ccc(S(=O)C(Br)C(O)c2ccccc2)cc1. The molecule has 0 aliphatic carbocycles. The van der Waals surface area contributed by atoms with Gasteiger partial charge in [0.05, 0.1) is 10.8 Å². The van der Waals surface area contributed by atoms with Crippen molar-refractivity contribution in [1.82, 2.24) is 0 Å². The van der Waals surface area contributed by atoms with Crippen molar-refractivity contribution < 1.29 is 9.32 Å². The third-order valence-electron chi connectivity index (χ3n) is 2.85. The summed E-state index contributed by atoms with van der Waals surface area (Å²) in [6.45, 7) is 1.98. The van der Waals surface area contributed by atoms with Crippen molar-refractivity contribution >= 4 is 26.7 Å². The van der Waals surface area contributed by atoms with E-state index >= 15 is 0 Å². The molecule has 0 aromatic heterocycles. The quantitative estimate of drug-likeness (QED) is 0.865. The van der Waals surface area contributed by atoms with Crippen LogP contribution in [-0.2, 0) is 10.8 Å². The molecule has 0 spiro atoms. The lowest BCUT2D eigenvalue weighted by molar-refractivity contribution is 0.196. The van der Waals surface area contributed by atoms with Gasteiger partial charge in [0.1, 0.15) is 10.3 Å². The van der Waals surface area contributed by atoms with Crippen LogP contribution in [0.15, 0.2) is 59.5 Å². The van der Waals surface area contributed by atoms with Crippen molar-refractivity contribution in [1.29, 1.82) is 0 Å². The van der Waals surface area contributed by atoms with E-state index < -0.39 is 21.1 Å². The van der Waals surface area contributed by atoms with Crippen LogP contribution in [0.3, 0.4) is 0 Å². The minimum atomic E-state index is -1.30. The van der Waals surface area contributed by atoms with Gasteiger partial charge < -0.3 is 5.11 Å². The summed E-state index contributed by atoms with van der Waals surface area (Å²) < 4.78 is 11.8. The molecule has 0 aliphatic rings. The lowest BCUT2D eigenvalue weighted by Gasteiger charge is -2.17. The Hall–Kier alpha value is -0.970. The Morgan fingerprint density at radius 2 is 1.63 bits per heavy atom. The van der Waals surface area contributed by atoms with Gasteiger partial charge in [-0.1, -0.05) is 64.0 Å². The monoisotopic (exact) mass is 338 g/mol. The van der Waals surface area contributed by atoms with E-state index in [0.717, 1.165) is 11.1 Å². The highest BCUT2D eigenvalue weighted by molar-refractivity contribution is 9.11. The molecule has 1 N–H and O–H groups in total. The van der Waals surface area contributed by atoms with Gasteiger partial charge in [0.2, 0.25) is 0 Å². The van der Waals surface area contributed by atoms with Crippen molar-refractivity contribution in [2.24, 2.45) is 0 Å². The molecule has 3 atom stereocenters. The first-order chi connectivity index (χ1) is 9.09. The number of hydrogen-bond acceptors (Lipinski definition) is 2. The largest absolute Gasteiger partial charge is 0.386 e. The summed E-state index contributed by atoms with van der Waals surface area (Å²) in [7, 11) is -1.30. The second-order valence-corrected chi connectivity index (χ2v) is 7.48. The number of aryl methyl sites for hydroxylation is 1. The molecular formula is C15H15BrO2S. The zero-order valence-electron chi connectivity index (χ0n) is 10.5. The Labute approximate surface area is 124 Å². The molecule has 0 aliphatic heterocycles. The first-order valence-electron chi connectivity index (χ1n) is 5.94. The normalized spacial score (nSPS) is 15.7. The Morgan fingerprint density at radius 3 is 2.21 bits per heavy atom. The molecule has 2 nitrogen and oxygen atoms in total. The lowest BCUT2D eigenvalue weighted by Crippen LogP contribution is -2.17. The van der Waals surface area contributed by atoms with Crippen LogP contribution >= 0.6 is 15.9 Å². The van der Waals surface area contributed by atoms with Crippen molar-refractivity contribution in [3.05, 3.63) is 65.7 Å². The van der Waals surface area contributed by atoms with Crippen LogP contribution in [0.4, 0.5) is 0 Å². The molecule has 0 amide bonds. The maximum atomic E-state index is 12.4. The van der Waals surface area contributed by atoms with Crippen molar-refractivity contribution in [3.8, 4) is 0 Å². The number of benzene rings is 2. The second kappa shape index (κ2) is 6.46. The number of rotatable bonds is 4. The van der Waals surface area contributed by atoms with Gasteiger partial charge in [-0.3, -0.25) is 4.21 Å². The number of aliphatic hydroxyl groups is 1. The van der Waals surface area contributed by atoms with Crippen LogP contribution in [0.1, 0.15) is 17.2 Å². The molecule has 0 fully saturated rings. The summed E-state index contributed by atoms with van der Waals surface area (Å²) in [6.07, 6.45) is -0.802. The zero-order valence-corrected chi connectivity index (χ0v) is 12.9. The molecule has 0 heterocycles. The van der Waals surface area contributed by atoms with E-state index in [-0.39, 0.29) is 0 Å². The van der Waals surface area contributed by atoms with E-state index in [1.165, 1.54) is 0 Å². The lowest BCUT2D eigenvalue weighted by atomic mass is 10.1. The summed E-state index contributed by atoms with van der Waals surface area (Å²) in [5, 5.41) is 10.2. The van der Waals surface area contributed by atoms with Crippen LogP contribution in [0.25, 0.3) is 0 Å². The minimum absolute atomic E-state index is 0.530. The fourth-order valence-corrected chi connectivity index (χ4v) is 3.73. The molecule has 2 rings (SSSR count). The summed E-state index contributed by atoms with van der Waals surface area (Å²) in [4.78, 5) is 0.711. The van der Waals surface area contributed by atoms with E-state index in [9.17, 15) is 9.32 Å². The Bertz CT molecular complexity index is 554. The fourth-order valence-electron chi connectivity index (χ4n) is 1.72. The molecule has 2 aromatic rings. The van der Waals surface area contributed by atoms with E-state index in [1.54, 1.807) is 0 Å². The van der Waals surface area contributed by atoms with Gasteiger partial charge in [0, 0.05) is 4.90 Å². The van der Waals surface area contributed by atoms with E-state index in [1.807, 2.05) is 61.5 Å². The Morgan fingerprint density at radius 1 is 1.05 bits per heavy atom. The summed E-state index contributed by atoms with van der Waals surface area (Å²) in [5.74, 6) is 0. The van der Waals surface area contributed by atoms with Crippen LogP contribution in [-0.4, -0.2) is 13.5 Å². The first kappa shape index (κ1) is 14.4. The van der Waals surface area contributed by atoms with Crippen molar-refractivity contribution in [3.63, 3.8) is 0 Å². The first-order valence-corrected chi connectivity index (χ1v) is 8.07. The van der Waals surface area contributed by atoms with E-state index in [0.29, 0.717) is 4.90 Å². The van der Waals surface area contributed by atoms with Crippen LogP contribution in [0, 0.1) is 6.92 Å². The predicted octanol–water partition coefficient (Wildman–Crippen LogP) is 3.56. The molecule has 3 unspecified atom stereocenters. The van der Waals surface area contributed by atoms with Gasteiger partial charge >= 0.3 is 0 Å². The Kier molecular flexibility index (Phi) is 4.91. The third kappa shape index (κ3) is 3.53. The van der Waals surface area contributed by atoms with E-state index in [4.69, 9.17) is 0 Å². The van der Waals surface area contributed by atoms with E-state index in [2.05, 4.69) is 15.9 Å². The number of halogens is 1. The average Bonchev–Trinajstić information content (AvgIpc) is 2.46. The third-order valence-corrected chi connectivity index (χ3v) is 5.77. The molecule has 19 heavy (non-hydrogen) atoms. The van der Waals surface area contributed by atoms with Gasteiger partial charge in [-0.2, -0.15) is 0 Å². The van der Waals surface area contributed by atoms with Crippen molar-refractivity contribution in [2.75, 3.05) is 0 Å². The summed E-state index contributed by atoms with van der Waals surface area (Å²) in [5.41, 5.74) is 1.88. The Balaban J connectivity index is 2.17. The summed E-state index contributed by atoms with van der Waals surface area (Å²) >= 11 is 3.35.